The standard InChI is InChI=1S/C22H31FN4O2/c1-24-21(25-16-22(8-9-22)18-4-2-3-5-19(18)23)27-10-6-17(7-11-27)20(28)26-12-14-29-15-13-26/h2-5,17H,6-16H2,1H3,(H,24,25). The molecule has 7 heteroatoms. The van der Waals surface area contributed by atoms with E-state index >= 15 is 0 Å². The monoisotopic (exact) mass is 402 g/mol. The van der Waals surface area contributed by atoms with Crippen molar-refractivity contribution in [2.75, 3.05) is 53.0 Å². The van der Waals surface area contributed by atoms with Crippen molar-refractivity contribution in [1.29, 1.82) is 0 Å². The number of piperidine rings is 1. The zero-order chi connectivity index (χ0) is 20.3. The maximum atomic E-state index is 14.2. The topological polar surface area (TPSA) is 57.2 Å². The minimum atomic E-state index is -0.121. The highest BCUT2D eigenvalue weighted by Crippen LogP contribution is 2.48. The van der Waals surface area contributed by atoms with Gasteiger partial charge in [-0.25, -0.2) is 4.39 Å². The Bertz CT molecular complexity index is 751. The van der Waals surface area contributed by atoms with E-state index in [2.05, 4.69) is 15.2 Å². The number of morpholine rings is 1. The summed E-state index contributed by atoms with van der Waals surface area (Å²) in [6.45, 7) is 5.02. The van der Waals surface area contributed by atoms with Gasteiger partial charge in [0.15, 0.2) is 5.96 Å². The van der Waals surface area contributed by atoms with Crippen molar-refractivity contribution in [2.45, 2.75) is 31.1 Å². The third kappa shape index (κ3) is 4.39. The van der Waals surface area contributed by atoms with Crippen LogP contribution in [0.25, 0.3) is 0 Å². The molecule has 3 fully saturated rings. The van der Waals surface area contributed by atoms with Crippen molar-refractivity contribution in [3.05, 3.63) is 35.6 Å². The Labute approximate surface area is 172 Å². The number of guanidine groups is 1. The second-order valence-corrected chi connectivity index (χ2v) is 8.36. The van der Waals surface area contributed by atoms with E-state index in [1.807, 2.05) is 17.0 Å². The van der Waals surface area contributed by atoms with Crippen LogP contribution in [0.4, 0.5) is 4.39 Å². The summed E-state index contributed by atoms with van der Waals surface area (Å²) in [5, 5.41) is 3.47. The number of nitrogens with one attached hydrogen (secondary N) is 1. The molecule has 1 saturated carbocycles. The molecule has 2 aliphatic heterocycles. The number of nitrogens with zero attached hydrogens (tertiary/aromatic N) is 3. The highest BCUT2D eigenvalue weighted by Gasteiger charge is 2.46. The Hall–Kier alpha value is -2.15. The molecule has 1 aromatic rings. The van der Waals surface area contributed by atoms with Crippen molar-refractivity contribution in [1.82, 2.24) is 15.1 Å². The fourth-order valence-corrected chi connectivity index (χ4v) is 4.54. The van der Waals surface area contributed by atoms with Crippen LogP contribution in [-0.2, 0) is 14.9 Å². The van der Waals surface area contributed by atoms with Gasteiger partial charge in [0.1, 0.15) is 5.82 Å². The molecule has 0 unspecified atom stereocenters. The largest absolute Gasteiger partial charge is 0.378 e. The highest BCUT2D eigenvalue weighted by atomic mass is 19.1. The lowest BCUT2D eigenvalue weighted by Gasteiger charge is -2.37. The lowest BCUT2D eigenvalue weighted by Crippen LogP contribution is -2.50. The van der Waals surface area contributed by atoms with Gasteiger partial charge in [-0.3, -0.25) is 9.79 Å². The van der Waals surface area contributed by atoms with Crippen LogP contribution in [0.1, 0.15) is 31.2 Å². The summed E-state index contributed by atoms with van der Waals surface area (Å²) < 4.78 is 19.6. The molecule has 6 nitrogen and oxygen atoms in total. The molecule has 0 radical (unpaired) electrons. The van der Waals surface area contributed by atoms with Gasteiger partial charge < -0.3 is 19.9 Å². The fraction of sp³-hybridized carbons (Fsp3) is 0.636. The van der Waals surface area contributed by atoms with Crippen LogP contribution >= 0.6 is 0 Å². The van der Waals surface area contributed by atoms with Gasteiger partial charge in [-0.1, -0.05) is 18.2 Å². The molecule has 158 valence electrons. The van der Waals surface area contributed by atoms with Gasteiger partial charge >= 0.3 is 0 Å². The number of ether oxygens (including phenoxy) is 1. The van der Waals surface area contributed by atoms with E-state index in [-0.39, 0.29) is 23.1 Å². The van der Waals surface area contributed by atoms with E-state index in [0.29, 0.717) is 32.8 Å². The zero-order valence-electron chi connectivity index (χ0n) is 17.2. The van der Waals surface area contributed by atoms with Gasteiger partial charge in [-0.2, -0.15) is 0 Å². The maximum Gasteiger partial charge on any atom is 0.225 e. The Kier molecular flexibility index (Phi) is 6.04. The number of carbonyl (C=O) groups excluding carboxylic acids is 1. The summed E-state index contributed by atoms with van der Waals surface area (Å²) >= 11 is 0. The summed E-state index contributed by atoms with van der Waals surface area (Å²) in [7, 11) is 1.79. The number of benzene rings is 1. The van der Waals surface area contributed by atoms with Crippen molar-refractivity contribution in [3.8, 4) is 0 Å². The number of likely N-dealkylation sites (tertiary alicyclic amines) is 1. The number of hydrogen-bond acceptors (Lipinski definition) is 3. The molecule has 4 rings (SSSR count). The second kappa shape index (κ2) is 8.69. The molecule has 0 aromatic heterocycles. The van der Waals surface area contributed by atoms with E-state index in [9.17, 15) is 9.18 Å². The van der Waals surface area contributed by atoms with E-state index in [0.717, 1.165) is 50.3 Å². The number of rotatable bonds is 4. The van der Waals surface area contributed by atoms with Crippen molar-refractivity contribution >= 4 is 11.9 Å². The Balaban J connectivity index is 1.30. The predicted octanol–water partition coefficient (Wildman–Crippen LogP) is 2.00. The molecule has 1 amide bonds. The molecule has 1 N–H and O–H groups in total. The molecular weight excluding hydrogens is 371 g/mol. The molecule has 0 spiro atoms. The molecule has 29 heavy (non-hydrogen) atoms. The number of hydrogen-bond donors (Lipinski definition) is 1. The summed E-state index contributed by atoms with van der Waals surface area (Å²) in [5.74, 6) is 1.09. The van der Waals surface area contributed by atoms with E-state index in [1.165, 1.54) is 0 Å². The van der Waals surface area contributed by atoms with E-state index < -0.39 is 0 Å². The molecule has 0 bridgehead atoms. The number of carbonyl (C=O) groups is 1. The van der Waals surface area contributed by atoms with Gasteiger partial charge in [0.05, 0.1) is 13.2 Å². The summed E-state index contributed by atoms with van der Waals surface area (Å²) in [5.41, 5.74) is 0.684. The molecule has 0 atom stereocenters. The predicted molar refractivity (Wildman–Crippen MR) is 110 cm³/mol. The maximum absolute atomic E-state index is 14.2. The molecule has 3 aliphatic rings. The van der Waals surface area contributed by atoms with E-state index in [4.69, 9.17) is 4.74 Å². The quantitative estimate of drug-likeness (QED) is 0.618. The first-order valence-electron chi connectivity index (χ1n) is 10.7. The Morgan fingerprint density at radius 1 is 1.17 bits per heavy atom. The lowest BCUT2D eigenvalue weighted by molar-refractivity contribution is -0.140. The minimum Gasteiger partial charge on any atom is -0.378 e. The van der Waals surface area contributed by atoms with Crippen LogP contribution in [0.15, 0.2) is 29.3 Å². The number of aliphatic imine (C=N–C) groups is 1. The molecule has 2 saturated heterocycles. The number of amides is 1. The first kappa shape index (κ1) is 20.1. The van der Waals surface area contributed by atoms with Gasteiger partial charge in [0.2, 0.25) is 5.91 Å². The Morgan fingerprint density at radius 2 is 1.86 bits per heavy atom. The molecule has 1 aromatic carbocycles. The average molecular weight is 403 g/mol. The molecule has 1 aliphatic carbocycles. The summed E-state index contributed by atoms with van der Waals surface area (Å²) in [6.07, 6.45) is 3.67. The molecule has 2 heterocycles. The van der Waals surface area contributed by atoms with Crippen LogP contribution in [-0.4, -0.2) is 74.7 Å². The minimum absolute atomic E-state index is 0.0932. The van der Waals surface area contributed by atoms with Crippen LogP contribution in [0.3, 0.4) is 0 Å². The summed E-state index contributed by atoms with van der Waals surface area (Å²) in [6, 6.07) is 7.09. The zero-order valence-corrected chi connectivity index (χ0v) is 17.2. The average Bonchev–Trinajstić information content (AvgIpc) is 3.56. The van der Waals surface area contributed by atoms with Crippen molar-refractivity contribution < 1.29 is 13.9 Å². The summed E-state index contributed by atoms with van der Waals surface area (Å²) in [4.78, 5) is 21.3. The second-order valence-electron chi connectivity index (χ2n) is 8.36. The van der Waals surface area contributed by atoms with Gasteiger partial charge in [-0.15, -0.1) is 0 Å². The van der Waals surface area contributed by atoms with Gasteiger partial charge in [-0.05, 0) is 37.3 Å². The first-order valence-corrected chi connectivity index (χ1v) is 10.7. The number of halogens is 1. The smallest absolute Gasteiger partial charge is 0.225 e. The molecular formula is C22H31FN4O2. The van der Waals surface area contributed by atoms with E-state index in [1.54, 1.807) is 19.2 Å². The third-order valence-corrected chi connectivity index (χ3v) is 6.56. The SMILES string of the molecule is CN=C(NCC1(c2ccccc2F)CC1)N1CCC(C(=O)N2CCOCC2)CC1. The van der Waals surface area contributed by atoms with Gasteiger partial charge in [0, 0.05) is 51.1 Å². The van der Waals surface area contributed by atoms with Crippen molar-refractivity contribution in [2.24, 2.45) is 10.9 Å². The lowest BCUT2D eigenvalue weighted by atomic mass is 9.94. The van der Waals surface area contributed by atoms with Gasteiger partial charge in [0.25, 0.3) is 0 Å². The third-order valence-electron chi connectivity index (χ3n) is 6.56. The van der Waals surface area contributed by atoms with Crippen LogP contribution in [0.2, 0.25) is 0 Å². The normalized spacial score (nSPS) is 22.5. The first-order chi connectivity index (χ1) is 14.1. The highest BCUT2D eigenvalue weighted by molar-refractivity contribution is 5.82. The fourth-order valence-electron chi connectivity index (χ4n) is 4.54. The van der Waals surface area contributed by atoms with Crippen LogP contribution in [0.5, 0.6) is 0 Å². The van der Waals surface area contributed by atoms with Crippen LogP contribution in [0, 0.1) is 11.7 Å². The van der Waals surface area contributed by atoms with Crippen molar-refractivity contribution in [3.63, 3.8) is 0 Å². The van der Waals surface area contributed by atoms with Crippen LogP contribution < -0.4 is 5.32 Å². The Morgan fingerprint density at radius 3 is 2.48 bits per heavy atom.